The first-order valence-electron chi connectivity index (χ1n) is 6.12. The van der Waals surface area contributed by atoms with E-state index in [2.05, 4.69) is 26.0 Å². The second kappa shape index (κ2) is 5.25. The Morgan fingerprint density at radius 1 is 1.24 bits per heavy atom. The minimum Gasteiger partial charge on any atom is -0.493 e. The van der Waals surface area contributed by atoms with Gasteiger partial charge in [-0.05, 0) is 34.1 Å². The van der Waals surface area contributed by atoms with Gasteiger partial charge in [-0.15, -0.1) is 0 Å². The van der Waals surface area contributed by atoms with Crippen molar-refractivity contribution in [3.63, 3.8) is 0 Å². The molecule has 7 heteroatoms. The number of hydrogen-bond donors (Lipinski definition) is 1. The van der Waals surface area contributed by atoms with Crippen LogP contribution in [-0.2, 0) is 0 Å². The Morgan fingerprint density at radius 2 is 2.00 bits per heavy atom. The van der Waals surface area contributed by atoms with E-state index < -0.39 is 0 Å². The van der Waals surface area contributed by atoms with Crippen LogP contribution in [-0.4, -0.2) is 28.8 Å². The zero-order chi connectivity index (χ0) is 15.0. The topological polar surface area (TPSA) is 68.6 Å². The number of aromatic amines is 1. The molecule has 21 heavy (non-hydrogen) atoms. The van der Waals surface area contributed by atoms with Gasteiger partial charge in [-0.2, -0.15) is 5.10 Å². The lowest BCUT2D eigenvalue weighted by atomic mass is 10.1. The van der Waals surface area contributed by atoms with Gasteiger partial charge < -0.3 is 14.5 Å². The van der Waals surface area contributed by atoms with Crippen LogP contribution >= 0.6 is 15.9 Å². The number of halogens is 1. The lowest BCUT2D eigenvalue weighted by Gasteiger charge is -2.09. The average Bonchev–Trinajstić information content (AvgIpc) is 2.88. The second-order valence-corrected chi connectivity index (χ2v) is 5.21. The summed E-state index contributed by atoms with van der Waals surface area (Å²) in [5, 5.41) is 4.14. The molecule has 0 aliphatic heterocycles. The molecule has 1 aromatic carbocycles. The highest BCUT2D eigenvalue weighted by molar-refractivity contribution is 9.10. The Labute approximate surface area is 128 Å². The smallest absolute Gasteiger partial charge is 0.275 e. The molecule has 1 N–H and O–H groups in total. The van der Waals surface area contributed by atoms with E-state index in [1.807, 2.05) is 6.07 Å². The van der Waals surface area contributed by atoms with Crippen LogP contribution in [0.3, 0.4) is 0 Å². The number of fused-ring (bicyclic) bond motifs is 1. The molecule has 0 saturated heterocycles. The van der Waals surface area contributed by atoms with E-state index in [4.69, 9.17) is 9.47 Å². The fourth-order valence-corrected chi connectivity index (χ4v) is 2.59. The van der Waals surface area contributed by atoms with Crippen molar-refractivity contribution in [3.8, 4) is 22.8 Å². The largest absolute Gasteiger partial charge is 0.493 e. The molecule has 3 rings (SSSR count). The first-order valence-corrected chi connectivity index (χ1v) is 6.92. The summed E-state index contributed by atoms with van der Waals surface area (Å²) in [6.07, 6.45) is 3.34. The van der Waals surface area contributed by atoms with Crippen LogP contribution in [0.25, 0.3) is 16.8 Å². The Kier molecular flexibility index (Phi) is 3.42. The van der Waals surface area contributed by atoms with Crippen molar-refractivity contribution in [1.82, 2.24) is 14.6 Å². The molecule has 0 aliphatic carbocycles. The van der Waals surface area contributed by atoms with Crippen molar-refractivity contribution in [2.75, 3.05) is 14.2 Å². The maximum absolute atomic E-state index is 12.1. The van der Waals surface area contributed by atoms with Crippen LogP contribution in [0.1, 0.15) is 0 Å². The summed E-state index contributed by atoms with van der Waals surface area (Å²) >= 11 is 3.30. The summed E-state index contributed by atoms with van der Waals surface area (Å²) in [6.45, 7) is 0. The number of rotatable bonds is 3. The van der Waals surface area contributed by atoms with Crippen LogP contribution in [0.2, 0.25) is 0 Å². The molecule has 0 amide bonds. The van der Waals surface area contributed by atoms with Crippen molar-refractivity contribution >= 4 is 21.4 Å². The lowest BCUT2D eigenvalue weighted by molar-refractivity contribution is 0.355. The van der Waals surface area contributed by atoms with Crippen LogP contribution in [0.5, 0.6) is 11.5 Å². The summed E-state index contributed by atoms with van der Waals surface area (Å²) in [4.78, 5) is 15.0. The van der Waals surface area contributed by atoms with E-state index in [0.717, 1.165) is 5.56 Å². The minimum atomic E-state index is -0.216. The number of H-pyrrole nitrogens is 1. The predicted molar refractivity (Wildman–Crippen MR) is 82.1 cm³/mol. The van der Waals surface area contributed by atoms with Gasteiger partial charge in [-0.1, -0.05) is 0 Å². The third kappa shape index (κ3) is 2.29. The van der Waals surface area contributed by atoms with Gasteiger partial charge in [0, 0.05) is 5.56 Å². The highest BCUT2D eigenvalue weighted by atomic mass is 79.9. The van der Waals surface area contributed by atoms with E-state index >= 15 is 0 Å². The first-order chi connectivity index (χ1) is 10.1. The minimum absolute atomic E-state index is 0.216. The molecule has 0 bridgehead atoms. The Bertz CT molecular complexity index is 870. The van der Waals surface area contributed by atoms with E-state index in [9.17, 15) is 4.79 Å². The molecule has 0 saturated carbocycles. The summed E-state index contributed by atoms with van der Waals surface area (Å²) in [7, 11) is 3.14. The van der Waals surface area contributed by atoms with Gasteiger partial charge in [-0.25, -0.2) is 4.52 Å². The van der Waals surface area contributed by atoms with Gasteiger partial charge in [0.2, 0.25) is 0 Å². The standard InChI is InChI=1S/C14H12BrN3O3/c1-20-11-4-3-8(5-12(11)21-2)10-7-18-13(14(19)17-10)9(15)6-16-18/h3-7H,1-2H3,(H,17,19). The van der Waals surface area contributed by atoms with Gasteiger partial charge >= 0.3 is 0 Å². The van der Waals surface area contributed by atoms with Crippen molar-refractivity contribution in [2.24, 2.45) is 0 Å². The van der Waals surface area contributed by atoms with Crippen molar-refractivity contribution in [3.05, 3.63) is 45.4 Å². The van der Waals surface area contributed by atoms with E-state index in [1.54, 1.807) is 38.7 Å². The molecule has 2 heterocycles. The summed E-state index contributed by atoms with van der Waals surface area (Å²) < 4.78 is 12.7. The maximum atomic E-state index is 12.1. The normalized spacial score (nSPS) is 10.8. The third-order valence-corrected chi connectivity index (χ3v) is 3.74. The Morgan fingerprint density at radius 3 is 2.71 bits per heavy atom. The zero-order valence-corrected chi connectivity index (χ0v) is 13.0. The van der Waals surface area contributed by atoms with Gasteiger partial charge in [-0.3, -0.25) is 4.79 Å². The molecule has 6 nitrogen and oxygen atoms in total. The van der Waals surface area contributed by atoms with Gasteiger partial charge in [0.25, 0.3) is 5.56 Å². The third-order valence-electron chi connectivity index (χ3n) is 3.16. The maximum Gasteiger partial charge on any atom is 0.275 e. The summed E-state index contributed by atoms with van der Waals surface area (Å²) in [5.41, 5.74) is 1.70. The van der Waals surface area contributed by atoms with Crippen molar-refractivity contribution < 1.29 is 9.47 Å². The molecular formula is C14H12BrN3O3. The molecular weight excluding hydrogens is 338 g/mol. The number of benzene rings is 1. The van der Waals surface area contributed by atoms with Crippen LogP contribution in [0.15, 0.2) is 39.9 Å². The zero-order valence-electron chi connectivity index (χ0n) is 11.4. The Balaban J connectivity index is 2.18. The molecule has 0 radical (unpaired) electrons. The van der Waals surface area contributed by atoms with E-state index in [-0.39, 0.29) is 5.56 Å². The SMILES string of the molecule is COc1ccc(-c2cn3ncc(Br)c3c(=O)[nH]2)cc1OC. The van der Waals surface area contributed by atoms with Crippen LogP contribution < -0.4 is 15.0 Å². The predicted octanol–water partition coefficient (Wildman–Crippen LogP) is 2.47. The lowest BCUT2D eigenvalue weighted by Crippen LogP contribution is -2.11. The molecule has 0 aliphatic rings. The highest BCUT2D eigenvalue weighted by Crippen LogP contribution is 2.31. The fraction of sp³-hybridized carbons (Fsp3) is 0.143. The molecule has 0 fully saturated rings. The van der Waals surface area contributed by atoms with Gasteiger partial charge in [0.05, 0.1) is 36.8 Å². The quantitative estimate of drug-likeness (QED) is 0.788. The Hall–Kier alpha value is -2.28. The van der Waals surface area contributed by atoms with Crippen molar-refractivity contribution in [2.45, 2.75) is 0 Å². The molecule has 0 unspecified atom stereocenters. The van der Waals surface area contributed by atoms with Gasteiger partial charge in [0.15, 0.2) is 11.5 Å². The molecule has 3 aromatic rings. The first kappa shape index (κ1) is 13.7. The molecule has 108 valence electrons. The summed E-state index contributed by atoms with van der Waals surface area (Å²) in [5.74, 6) is 1.23. The second-order valence-electron chi connectivity index (χ2n) is 4.35. The van der Waals surface area contributed by atoms with Crippen molar-refractivity contribution in [1.29, 1.82) is 0 Å². The molecule has 0 spiro atoms. The fourth-order valence-electron chi connectivity index (χ4n) is 2.14. The van der Waals surface area contributed by atoms with Crippen LogP contribution in [0, 0.1) is 0 Å². The van der Waals surface area contributed by atoms with Gasteiger partial charge in [0.1, 0.15) is 5.52 Å². The average molecular weight is 350 g/mol. The van der Waals surface area contributed by atoms with E-state index in [1.165, 1.54) is 4.52 Å². The number of nitrogens with zero attached hydrogens (tertiary/aromatic N) is 2. The number of aromatic nitrogens is 3. The molecule has 0 atom stereocenters. The van der Waals surface area contributed by atoms with Crippen LogP contribution in [0.4, 0.5) is 0 Å². The number of nitrogens with one attached hydrogen (secondary N) is 1. The number of ether oxygens (including phenoxy) is 2. The molecule has 2 aromatic heterocycles. The number of methoxy groups -OCH3 is 2. The van der Waals surface area contributed by atoms with E-state index in [0.29, 0.717) is 27.2 Å². The summed E-state index contributed by atoms with van der Waals surface area (Å²) in [6, 6.07) is 5.43. The number of hydrogen-bond acceptors (Lipinski definition) is 4. The monoisotopic (exact) mass is 349 g/mol. The highest BCUT2D eigenvalue weighted by Gasteiger charge is 2.11.